The largest absolute Gasteiger partial charge is 0.468 e. The smallest absolute Gasteiger partial charge is 0.276 e. The summed E-state index contributed by atoms with van der Waals surface area (Å²) in [4.78, 5) is 24.9. The van der Waals surface area contributed by atoms with E-state index in [4.69, 9.17) is 27.9 Å². The molecule has 11 heteroatoms. The highest BCUT2D eigenvalue weighted by atomic mass is 35.5. The maximum absolute atomic E-state index is 12.6. The lowest BCUT2D eigenvalue weighted by Gasteiger charge is -2.09. The molecule has 0 saturated carbocycles. The summed E-state index contributed by atoms with van der Waals surface area (Å²) in [5.41, 5.74) is 0.699. The van der Waals surface area contributed by atoms with E-state index in [1.165, 1.54) is 21.6 Å². The topological polar surface area (TPSA) is 103 Å². The van der Waals surface area contributed by atoms with E-state index in [2.05, 4.69) is 20.8 Å². The average Bonchev–Trinajstić information content (AvgIpc) is 3.33. The van der Waals surface area contributed by atoms with Crippen LogP contribution in [0.5, 0.6) is 5.75 Å². The predicted molar refractivity (Wildman–Crippen MR) is 113 cm³/mol. The summed E-state index contributed by atoms with van der Waals surface area (Å²) in [5, 5.41) is 14.4. The number of amides is 2. The monoisotopic (exact) mass is 450 g/mol. The lowest BCUT2D eigenvalue weighted by atomic mass is 10.3. The Morgan fingerprint density at radius 1 is 1.17 bits per heavy atom. The van der Waals surface area contributed by atoms with Crippen LogP contribution in [0.15, 0.2) is 36.7 Å². The highest BCUT2D eigenvalue weighted by molar-refractivity contribution is 6.37. The fourth-order valence-electron chi connectivity index (χ4n) is 2.61. The van der Waals surface area contributed by atoms with Crippen LogP contribution in [-0.2, 0) is 13.8 Å². The zero-order chi connectivity index (χ0) is 21.7. The highest BCUT2D eigenvalue weighted by Gasteiger charge is 2.20. The Balaban J connectivity index is 1.67. The summed E-state index contributed by atoms with van der Waals surface area (Å²) in [5.74, 6) is -0.467. The molecule has 0 radical (unpaired) electrons. The van der Waals surface area contributed by atoms with Gasteiger partial charge in [0.1, 0.15) is 5.69 Å². The van der Waals surface area contributed by atoms with Gasteiger partial charge in [-0.15, -0.1) is 0 Å². The Kier molecular flexibility index (Phi) is 6.96. The molecule has 3 aromatic rings. The number of nitrogens with one attached hydrogen (secondary N) is 2. The van der Waals surface area contributed by atoms with Gasteiger partial charge < -0.3 is 15.4 Å². The van der Waals surface area contributed by atoms with Gasteiger partial charge in [0, 0.05) is 19.8 Å². The summed E-state index contributed by atoms with van der Waals surface area (Å²) in [6.45, 7) is 2.48. The van der Waals surface area contributed by atoms with Crippen molar-refractivity contribution in [1.29, 1.82) is 0 Å². The summed E-state index contributed by atoms with van der Waals surface area (Å²) in [6, 6.07) is 6.56. The van der Waals surface area contributed by atoms with Gasteiger partial charge in [-0.1, -0.05) is 36.2 Å². The van der Waals surface area contributed by atoms with Crippen LogP contribution in [0.4, 0.5) is 5.69 Å². The van der Waals surface area contributed by atoms with Gasteiger partial charge in [0.25, 0.3) is 11.8 Å². The van der Waals surface area contributed by atoms with Crippen LogP contribution in [0, 0.1) is 0 Å². The van der Waals surface area contributed by atoms with Gasteiger partial charge in [0.05, 0.1) is 21.9 Å². The van der Waals surface area contributed by atoms with Crippen LogP contribution < -0.4 is 15.4 Å². The SMILES string of the molecule is CCCNC(=O)c1c(NC(=O)c2ccn(COc3c(Cl)cccc3Cl)n2)cnn1C. The quantitative estimate of drug-likeness (QED) is 0.547. The number of halogens is 2. The van der Waals surface area contributed by atoms with E-state index in [1.54, 1.807) is 31.4 Å². The molecule has 3 rings (SSSR count). The van der Waals surface area contributed by atoms with Crippen molar-refractivity contribution in [2.24, 2.45) is 7.05 Å². The van der Waals surface area contributed by atoms with Gasteiger partial charge in [0.15, 0.2) is 18.2 Å². The number of rotatable bonds is 8. The van der Waals surface area contributed by atoms with Gasteiger partial charge in [0.2, 0.25) is 0 Å². The van der Waals surface area contributed by atoms with Gasteiger partial charge >= 0.3 is 0 Å². The first-order chi connectivity index (χ1) is 14.4. The number of benzene rings is 1. The molecule has 0 unspecified atom stereocenters. The summed E-state index contributed by atoms with van der Waals surface area (Å²) in [7, 11) is 1.63. The van der Waals surface area contributed by atoms with E-state index in [0.717, 1.165) is 6.42 Å². The molecule has 0 spiro atoms. The number of nitrogens with zero attached hydrogens (tertiary/aromatic N) is 4. The van der Waals surface area contributed by atoms with Crippen molar-refractivity contribution < 1.29 is 14.3 Å². The zero-order valence-electron chi connectivity index (χ0n) is 16.4. The number of anilines is 1. The lowest BCUT2D eigenvalue weighted by Crippen LogP contribution is -2.27. The van der Waals surface area contributed by atoms with Crippen LogP contribution >= 0.6 is 23.2 Å². The molecule has 30 heavy (non-hydrogen) atoms. The molecule has 0 bridgehead atoms. The molecule has 158 valence electrons. The number of para-hydroxylation sites is 1. The van der Waals surface area contributed by atoms with Crippen LogP contribution in [0.3, 0.4) is 0 Å². The predicted octanol–water partition coefficient (Wildman–Crippen LogP) is 3.35. The second-order valence-electron chi connectivity index (χ2n) is 6.31. The highest BCUT2D eigenvalue weighted by Crippen LogP contribution is 2.32. The molecule has 0 atom stereocenters. The summed E-state index contributed by atoms with van der Waals surface area (Å²) >= 11 is 12.1. The number of carbonyl (C=O) groups is 2. The number of hydrogen-bond acceptors (Lipinski definition) is 5. The molecular formula is C19H20Cl2N6O3. The number of aromatic nitrogens is 4. The van der Waals surface area contributed by atoms with E-state index in [0.29, 0.717) is 28.0 Å². The first kappa shape index (κ1) is 21.7. The third kappa shape index (κ3) is 4.92. The maximum atomic E-state index is 12.6. The fourth-order valence-corrected chi connectivity index (χ4v) is 3.12. The Labute approximate surface area is 182 Å². The van der Waals surface area contributed by atoms with Crippen molar-refractivity contribution in [3.05, 3.63) is 58.1 Å². The van der Waals surface area contributed by atoms with E-state index < -0.39 is 5.91 Å². The van der Waals surface area contributed by atoms with Crippen molar-refractivity contribution in [3.8, 4) is 5.75 Å². The van der Waals surface area contributed by atoms with Crippen molar-refractivity contribution in [2.75, 3.05) is 11.9 Å². The third-order valence-corrected chi connectivity index (χ3v) is 4.67. The Hall–Kier alpha value is -3.04. The Morgan fingerprint density at radius 2 is 1.90 bits per heavy atom. The molecule has 2 aromatic heterocycles. The normalized spacial score (nSPS) is 10.7. The summed E-state index contributed by atoms with van der Waals surface area (Å²) < 4.78 is 8.42. The van der Waals surface area contributed by atoms with E-state index in [9.17, 15) is 9.59 Å². The first-order valence-corrected chi connectivity index (χ1v) is 9.88. The van der Waals surface area contributed by atoms with Crippen LogP contribution in [0.25, 0.3) is 0 Å². The van der Waals surface area contributed by atoms with Crippen LogP contribution in [0.1, 0.15) is 34.3 Å². The van der Waals surface area contributed by atoms with Crippen molar-refractivity contribution in [2.45, 2.75) is 20.1 Å². The van der Waals surface area contributed by atoms with E-state index >= 15 is 0 Å². The number of aryl methyl sites for hydroxylation is 1. The molecule has 0 aliphatic rings. The molecule has 1 aromatic carbocycles. The van der Waals surface area contributed by atoms with Gasteiger partial charge in [-0.25, -0.2) is 4.68 Å². The average molecular weight is 451 g/mol. The van der Waals surface area contributed by atoms with Crippen LogP contribution in [0.2, 0.25) is 10.0 Å². The molecule has 0 aliphatic heterocycles. The fraction of sp³-hybridized carbons (Fsp3) is 0.263. The lowest BCUT2D eigenvalue weighted by molar-refractivity contribution is 0.0945. The van der Waals surface area contributed by atoms with Gasteiger partial charge in [-0.05, 0) is 24.6 Å². The Morgan fingerprint density at radius 3 is 2.60 bits per heavy atom. The number of ether oxygens (including phenoxy) is 1. The van der Waals surface area contributed by atoms with E-state index in [-0.39, 0.29) is 24.0 Å². The van der Waals surface area contributed by atoms with Gasteiger partial charge in [-0.2, -0.15) is 10.2 Å². The third-order valence-electron chi connectivity index (χ3n) is 4.07. The van der Waals surface area contributed by atoms with Crippen molar-refractivity contribution in [1.82, 2.24) is 24.9 Å². The second kappa shape index (κ2) is 9.64. The van der Waals surface area contributed by atoms with Crippen LogP contribution in [-0.4, -0.2) is 37.9 Å². The maximum Gasteiger partial charge on any atom is 0.276 e. The molecule has 0 saturated heterocycles. The summed E-state index contributed by atoms with van der Waals surface area (Å²) in [6.07, 6.45) is 3.79. The zero-order valence-corrected chi connectivity index (χ0v) is 17.9. The first-order valence-electron chi connectivity index (χ1n) is 9.12. The number of hydrogen-bond donors (Lipinski definition) is 2. The molecule has 2 amide bonds. The van der Waals surface area contributed by atoms with Crippen molar-refractivity contribution >= 4 is 40.7 Å². The van der Waals surface area contributed by atoms with E-state index in [1.807, 2.05) is 6.92 Å². The van der Waals surface area contributed by atoms with Crippen molar-refractivity contribution in [3.63, 3.8) is 0 Å². The molecular weight excluding hydrogens is 431 g/mol. The molecule has 0 aliphatic carbocycles. The molecule has 2 heterocycles. The molecule has 2 N–H and O–H groups in total. The standard InChI is InChI=1S/C19H20Cl2N6O3/c1-3-8-22-19(29)16-15(10-23-26(16)2)24-18(28)14-7-9-27(25-14)11-30-17-12(20)5-4-6-13(17)21/h4-7,9-10H,3,8,11H2,1-2H3,(H,22,29)(H,24,28). The second-order valence-corrected chi connectivity index (χ2v) is 7.12. The Bertz CT molecular complexity index is 1040. The minimum absolute atomic E-state index is 0.00823. The van der Waals surface area contributed by atoms with Gasteiger partial charge in [-0.3, -0.25) is 14.3 Å². The molecule has 9 nitrogen and oxygen atoms in total. The minimum Gasteiger partial charge on any atom is -0.468 e. The minimum atomic E-state index is -0.484. The number of carbonyl (C=O) groups excluding carboxylic acids is 2. The molecule has 0 fully saturated rings.